The van der Waals surface area contributed by atoms with Crippen LogP contribution in [0.15, 0.2) is 59.6 Å². The van der Waals surface area contributed by atoms with E-state index in [1.165, 1.54) is 17.7 Å². The smallest absolute Gasteiger partial charge is 0.236 e. The number of piperidine rings is 1. The van der Waals surface area contributed by atoms with Gasteiger partial charge in [-0.25, -0.2) is 4.39 Å². The van der Waals surface area contributed by atoms with Crippen LogP contribution in [0.25, 0.3) is 0 Å². The first-order valence-corrected chi connectivity index (χ1v) is 10.6. The fourth-order valence-corrected chi connectivity index (χ4v) is 5.33. The van der Waals surface area contributed by atoms with Crippen LogP contribution >= 0.6 is 0 Å². The second-order valence-electron chi connectivity index (χ2n) is 8.41. The number of fused-ring (bicyclic) bond motifs is 2. The highest BCUT2D eigenvalue weighted by atomic mass is 19.1. The summed E-state index contributed by atoms with van der Waals surface area (Å²) < 4.78 is 14.0. The number of anilines is 1. The number of likely N-dealkylation sites (tertiary alicyclic amines) is 1. The van der Waals surface area contributed by atoms with Crippen LogP contribution in [0.1, 0.15) is 31.2 Å². The third kappa shape index (κ3) is 3.18. The zero-order chi connectivity index (χ0) is 19.8. The molecule has 0 saturated carbocycles. The number of amides is 1. The molecular weight excluding hydrogens is 365 g/mol. The van der Waals surface area contributed by atoms with Gasteiger partial charge in [0.15, 0.2) is 0 Å². The van der Waals surface area contributed by atoms with E-state index < -0.39 is 5.54 Å². The summed E-state index contributed by atoms with van der Waals surface area (Å²) in [5, 5.41) is 0. The SMILES string of the molecule is O=C1C2CCCN=C2C2(CCN(Cc3ccccc3)CC2)N1c1cccc(F)c1. The summed E-state index contributed by atoms with van der Waals surface area (Å²) in [6.45, 7) is 3.52. The van der Waals surface area contributed by atoms with Crippen molar-refractivity contribution >= 4 is 17.3 Å². The van der Waals surface area contributed by atoms with Gasteiger partial charge in [-0.2, -0.15) is 0 Å². The van der Waals surface area contributed by atoms with E-state index in [-0.39, 0.29) is 17.6 Å². The second kappa shape index (κ2) is 7.38. The Morgan fingerprint density at radius 2 is 1.86 bits per heavy atom. The van der Waals surface area contributed by atoms with E-state index in [9.17, 15) is 9.18 Å². The number of carbonyl (C=O) groups excluding carboxylic acids is 1. The number of benzene rings is 2. The first kappa shape index (κ1) is 18.5. The number of rotatable bonds is 3. The molecule has 29 heavy (non-hydrogen) atoms. The van der Waals surface area contributed by atoms with Crippen LogP contribution < -0.4 is 4.90 Å². The Morgan fingerprint density at radius 1 is 1.07 bits per heavy atom. The Morgan fingerprint density at radius 3 is 2.62 bits per heavy atom. The third-order valence-electron chi connectivity index (χ3n) is 6.69. The van der Waals surface area contributed by atoms with E-state index in [4.69, 9.17) is 4.99 Å². The summed E-state index contributed by atoms with van der Waals surface area (Å²) in [7, 11) is 0. The number of carbonyl (C=O) groups is 1. The molecule has 3 heterocycles. The van der Waals surface area contributed by atoms with Crippen LogP contribution in [0.4, 0.5) is 10.1 Å². The van der Waals surface area contributed by atoms with Crippen LogP contribution in [-0.2, 0) is 11.3 Å². The van der Waals surface area contributed by atoms with Crippen molar-refractivity contribution in [2.24, 2.45) is 10.9 Å². The monoisotopic (exact) mass is 391 g/mol. The van der Waals surface area contributed by atoms with Crippen molar-refractivity contribution in [2.45, 2.75) is 37.8 Å². The molecular formula is C24H26FN3O. The lowest BCUT2D eigenvalue weighted by molar-refractivity contribution is -0.120. The molecule has 4 nitrogen and oxygen atoms in total. The highest BCUT2D eigenvalue weighted by molar-refractivity contribution is 6.24. The Balaban J connectivity index is 1.46. The average Bonchev–Trinajstić information content (AvgIpc) is 2.99. The van der Waals surface area contributed by atoms with Crippen LogP contribution in [-0.4, -0.2) is 41.7 Å². The first-order valence-electron chi connectivity index (χ1n) is 10.6. The fraction of sp³-hybridized carbons (Fsp3) is 0.417. The lowest BCUT2D eigenvalue weighted by Crippen LogP contribution is -2.57. The second-order valence-corrected chi connectivity index (χ2v) is 8.41. The molecule has 0 aliphatic carbocycles. The largest absolute Gasteiger partial charge is 0.300 e. The molecule has 1 unspecified atom stereocenters. The molecule has 1 amide bonds. The summed E-state index contributed by atoms with van der Waals surface area (Å²) in [5.74, 6) is -0.331. The minimum atomic E-state index is -0.400. The molecule has 150 valence electrons. The van der Waals surface area contributed by atoms with Crippen molar-refractivity contribution in [3.63, 3.8) is 0 Å². The van der Waals surface area contributed by atoms with E-state index in [1.54, 1.807) is 6.07 Å². The zero-order valence-electron chi connectivity index (χ0n) is 16.6. The molecule has 5 rings (SSSR count). The molecule has 2 aromatic carbocycles. The van der Waals surface area contributed by atoms with Gasteiger partial charge in [0.2, 0.25) is 5.91 Å². The maximum absolute atomic E-state index is 14.0. The van der Waals surface area contributed by atoms with Gasteiger partial charge in [0.25, 0.3) is 0 Å². The summed E-state index contributed by atoms with van der Waals surface area (Å²) in [4.78, 5) is 22.6. The van der Waals surface area contributed by atoms with Crippen molar-refractivity contribution in [3.05, 3.63) is 66.0 Å². The maximum atomic E-state index is 14.0. The minimum Gasteiger partial charge on any atom is -0.300 e. The third-order valence-corrected chi connectivity index (χ3v) is 6.69. The molecule has 0 bridgehead atoms. The molecule has 2 saturated heterocycles. The van der Waals surface area contributed by atoms with Crippen LogP contribution in [0.5, 0.6) is 0 Å². The van der Waals surface area contributed by atoms with Gasteiger partial charge in [-0.05, 0) is 49.4 Å². The first-order chi connectivity index (χ1) is 14.2. The standard InChI is InChI=1S/C24H26FN3O/c25-19-8-4-9-20(16-19)28-23(29)21-10-5-13-26-22(21)24(28)11-14-27(15-12-24)17-18-6-2-1-3-7-18/h1-4,6-9,16,21H,5,10-15,17H2. The fourth-order valence-electron chi connectivity index (χ4n) is 5.33. The molecule has 5 heteroatoms. The number of hydrogen-bond acceptors (Lipinski definition) is 3. The maximum Gasteiger partial charge on any atom is 0.236 e. The number of aliphatic imine (C=N–C) groups is 1. The number of nitrogens with zero attached hydrogens (tertiary/aromatic N) is 3. The van der Waals surface area contributed by atoms with E-state index in [1.807, 2.05) is 17.0 Å². The van der Waals surface area contributed by atoms with Crippen LogP contribution in [0.2, 0.25) is 0 Å². The topological polar surface area (TPSA) is 35.9 Å². The van der Waals surface area contributed by atoms with Gasteiger partial charge in [-0.15, -0.1) is 0 Å². The normalized spacial score (nSPS) is 23.9. The lowest BCUT2D eigenvalue weighted by atomic mass is 9.78. The van der Waals surface area contributed by atoms with Gasteiger partial charge in [-0.1, -0.05) is 36.4 Å². The van der Waals surface area contributed by atoms with Gasteiger partial charge in [0.05, 0.1) is 17.2 Å². The molecule has 0 radical (unpaired) electrons. The number of hydrogen-bond donors (Lipinski definition) is 0. The van der Waals surface area contributed by atoms with Crippen molar-refractivity contribution in [1.29, 1.82) is 0 Å². The molecule has 2 aromatic rings. The van der Waals surface area contributed by atoms with Gasteiger partial charge >= 0.3 is 0 Å². The summed E-state index contributed by atoms with van der Waals surface area (Å²) >= 11 is 0. The van der Waals surface area contributed by atoms with Gasteiger partial charge in [-0.3, -0.25) is 14.7 Å². The molecule has 1 spiro atoms. The average molecular weight is 391 g/mol. The predicted molar refractivity (Wildman–Crippen MR) is 113 cm³/mol. The van der Waals surface area contributed by atoms with Crippen LogP contribution in [0, 0.1) is 11.7 Å². The zero-order valence-corrected chi connectivity index (χ0v) is 16.6. The van der Waals surface area contributed by atoms with Crippen LogP contribution in [0.3, 0.4) is 0 Å². The van der Waals surface area contributed by atoms with Gasteiger partial charge < -0.3 is 4.90 Å². The molecule has 3 aliphatic heterocycles. The Hall–Kier alpha value is -2.53. The molecule has 2 fully saturated rings. The Kier molecular flexibility index (Phi) is 4.70. The van der Waals surface area contributed by atoms with E-state index in [0.717, 1.165) is 57.6 Å². The molecule has 0 N–H and O–H groups in total. The summed E-state index contributed by atoms with van der Waals surface area (Å²) in [5.41, 5.74) is 2.63. The molecule has 0 aromatic heterocycles. The van der Waals surface area contributed by atoms with Gasteiger partial charge in [0, 0.05) is 31.9 Å². The van der Waals surface area contributed by atoms with Gasteiger partial charge in [0.1, 0.15) is 5.82 Å². The summed E-state index contributed by atoms with van der Waals surface area (Å²) in [6, 6.07) is 17.0. The van der Waals surface area contributed by atoms with Crippen molar-refractivity contribution < 1.29 is 9.18 Å². The lowest BCUT2D eigenvalue weighted by Gasteiger charge is -2.45. The molecule has 1 atom stereocenters. The van der Waals surface area contributed by atoms with E-state index >= 15 is 0 Å². The van der Waals surface area contributed by atoms with Crippen molar-refractivity contribution in [3.8, 4) is 0 Å². The number of halogens is 1. The minimum absolute atomic E-state index is 0.102. The van der Waals surface area contributed by atoms with Crippen molar-refractivity contribution in [2.75, 3.05) is 24.5 Å². The quantitative estimate of drug-likeness (QED) is 0.791. The predicted octanol–water partition coefficient (Wildman–Crippen LogP) is 4.06. The van der Waals surface area contributed by atoms with Crippen molar-refractivity contribution in [1.82, 2.24) is 4.90 Å². The Labute approximate surface area is 171 Å². The molecule has 3 aliphatic rings. The highest BCUT2D eigenvalue weighted by Crippen LogP contribution is 2.45. The highest BCUT2D eigenvalue weighted by Gasteiger charge is 2.57. The van der Waals surface area contributed by atoms with E-state index in [2.05, 4.69) is 29.2 Å². The Bertz CT molecular complexity index is 934. The summed E-state index contributed by atoms with van der Waals surface area (Å²) in [6.07, 6.45) is 3.50. The van der Waals surface area contributed by atoms with E-state index in [0.29, 0.717) is 5.69 Å².